The molecule has 2 aromatic heterocycles. The highest BCUT2D eigenvalue weighted by molar-refractivity contribution is 7.99. The molecule has 1 N–H and O–H groups in total. The molecule has 0 unspecified atom stereocenters. The van der Waals surface area contributed by atoms with E-state index in [1.807, 2.05) is 37.3 Å². The van der Waals surface area contributed by atoms with Crippen LogP contribution in [-0.4, -0.2) is 25.3 Å². The summed E-state index contributed by atoms with van der Waals surface area (Å²) in [5.41, 5.74) is 0.879. The lowest BCUT2D eigenvalue weighted by Gasteiger charge is -2.11. The van der Waals surface area contributed by atoms with Crippen molar-refractivity contribution in [1.29, 1.82) is 0 Å². The molecule has 2 heterocycles. The van der Waals surface area contributed by atoms with Crippen molar-refractivity contribution >= 4 is 11.8 Å². The average molecular weight is 329 g/mol. The molecular formula is C16H19N5OS. The van der Waals surface area contributed by atoms with Gasteiger partial charge >= 0.3 is 0 Å². The summed E-state index contributed by atoms with van der Waals surface area (Å²) in [6.07, 6.45) is 0. The molecule has 0 radical (unpaired) electrons. The Hall–Kier alpha value is -2.15. The molecule has 23 heavy (non-hydrogen) atoms. The van der Waals surface area contributed by atoms with E-state index in [2.05, 4.69) is 46.1 Å². The predicted octanol–water partition coefficient (Wildman–Crippen LogP) is 4.01. The molecule has 7 heteroatoms. The minimum absolute atomic E-state index is 0.0157. The van der Waals surface area contributed by atoms with Crippen LogP contribution in [0.5, 0.6) is 0 Å². The number of hydrogen-bond donors (Lipinski definition) is 1. The molecule has 0 spiro atoms. The maximum Gasteiger partial charge on any atom is 0.239 e. The Balaban J connectivity index is 1.72. The molecular weight excluding hydrogens is 310 g/mol. The van der Waals surface area contributed by atoms with Crippen molar-refractivity contribution in [1.82, 2.24) is 25.3 Å². The Morgan fingerprint density at radius 1 is 1.13 bits per heavy atom. The molecule has 0 fully saturated rings. The highest BCUT2D eigenvalue weighted by Gasteiger charge is 2.24. The first-order valence-corrected chi connectivity index (χ1v) is 8.30. The van der Waals surface area contributed by atoms with E-state index in [1.54, 1.807) is 0 Å². The van der Waals surface area contributed by atoms with E-state index in [1.165, 1.54) is 11.8 Å². The molecule has 0 amide bonds. The maximum absolute atomic E-state index is 5.37. The highest BCUT2D eigenvalue weighted by Crippen LogP contribution is 2.33. The van der Waals surface area contributed by atoms with Gasteiger partial charge in [0, 0.05) is 11.0 Å². The van der Waals surface area contributed by atoms with Crippen molar-refractivity contribution in [3.05, 3.63) is 42.0 Å². The molecule has 0 aliphatic carbocycles. The SMILES string of the molecule is C[C@H](Sc1n[nH]c(-c2ccccc2)n1)c1nc(C(C)(C)C)no1. The molecule has 1 atom stereocenters. The largest absolute Gasteiger partial charge is 0.338 e. The van der Waals surface area contributed by atoms with Gasteiger partial charge in [0.25, 0.3) is 0 Å². The maximum atomic E-state index is 5.37. The molecule has 6 nitrogen and oxygen atoms in total. The fraction of sp³-hybridized carbons (Fsp3) is 0.375. The number of nitrogens with zero attached hydrogens (tertiary/aromatic N) is 4. The standard InChI is InChI=1S/C16H19N5OS/c1-10(13-18-14(21-22-13)16(2,3)4)23-15-17-12(19-20-15)11-8-6-5-7-9-11/h5-10H,1-4H3,(H,17,19,20)/t10-/m0/s1. The zero-order chi connectivity index (χ0) is 16.4. The molecule has 1 aromatic carbocycles. The minimum Gasteiger partial charge on any atom is -0.338 e. The number of benzene rings is 1. The van der Waals surface area contributed by atoms with E-state index in [-0.39, 0.29) is 10.7 Å². The van der Waals surface area contributed by atoms with Crippen molar-refractivity contribution in [2.45, 2.75) is 43.5 Å². The van der Waals surface area contributed by atoms with Crippen molar-refractivity contribution < 1.29 is 4.52 Å². The van der Waals surface area contributed by atoms with E-state index < -0.39 is 0 Å². The van der Waals surface area contributed by atoms with Crippen molar-refractivity contribution in [3.8, 4) is 11.4 Å². The summed E-state index contributed by atoms with van der Waals surface area (Å²) in [6, 6.07) is 9.90. The van der Waals surface area contributed by atoms with Crippen LogP contribution in [0, 0.1) is 0 Å². The molecule has 0 bridgehead atoms. The van der Waals surface area contributed by atoms with Crippen molar-refractivity contribution in [2.75, 3.05) is 0 Å². The quantitative estimate of drug-likeness (QED) is 0.729. The first-order valence-electron chi connectivity index (χ1n) is 7.42. The molecule has 0 saturated heterocycles. The Bertz CT molecular complexity index is 775. The summed E-state index contributed by atoms with van der Waals surface area (Å²) in [7, 11) is 0. The number of hydrogen-bond acceptors (Lipinski definition) is 6. The second kappa shape index (κ2) is 6.16. The number of aromatic nitrogens is 5. The molecule has 0 aliphatic heterocycles. The lowest BCUT2D eigenvalue weighted by Crippen LogP contribution is -2.13. The summed E-state index contributed by atoms with van der Waals surface area (Å²) in [5, 5.41) is 11.9. The van der Waals surface area contributed by atoms with Gasteiger partial charge in [-0.3, -0.25) is 5.10 Å². The summed E-state index contributed by atoms with van der Waals surface area (Å²) >= 11 is 1.49. The monoisotopic (exact) mass is 329 g/mol. The Labute approximate surface area is 139 Å². The topological polar surface area (TPSA) is 80.5 Å². The van der Waals surface area contributed by atoms with E-state index in [0.29, 0.717) is 16.9 Å². The van der Waals surface area contributed by atoms with Gasteiger partial charge in [-0.05, 0) is 6.92 Å². The van der Waals surface area contributed by atoms with Crippen LogP contribution < -0.4 is 0 Å². The molecule has 0 saturated carbocycles. The number of nitrogens with one attached hydrogen (secondary N) is 1. The number of rotatable bonds is 4. The minimum atomic E-state index is -0.128. The summed E-state index contributed by atoms with van der Waals surface area (Å²) in [4.78, 5) is 8.99. The number of aromatic amines is 1. The number of thioether (sulfide) groups is 1. The Kier molecular flexibility index (Phi) is 4.21. The molecule has 120 valence electrons. The number of H-pyrrole nitrogens is 1. The van der Waals surface area contributed by atoms with E-state index >= 15 is 0 Å². The van der Waals surface area contributed by atoms with Gasteiger partial charge in [-0.2, -0.15) is 4.98 Å². The van der Waals surface area contributed by atoms with E-state index in [0.717, 1.165) is 11.4 Å². The van der Waals surface area contributed by atoms with Gasteiger partial charge in [-0.15, -0.1) is 5.10 Å². The van der Waals surface area contributed by atoms with E-state index in [9.17, 15) is 0 Å². The second-order valence-corrected chi connectivity index (χ2v) is 7.61. The highest BCUT2D eigenvalue weighted by atomic mass is 32.2. The third kappa shape index (κ3) is 3.61. The van der Waals surface area contributed by atoms with Crippen LogP contribution in [0.15, 0.2) is 40.0 Å². The van der Waals surface area contributed by atoms with Gasteiger partial charge in [0.15, 0.2) is 11.6 Å². The first kappa shape index (κ1) is 15.7. The summed E-state index contributed by atoms with van der Waals surface area (Å²) in [6.45, 7) is 8.17. The van der Waals surface area contributed by atoms with Crippen molar-refractivity contribution in [2.24, 2.45) is 0 Å². The van der Waals surface area contributed by atoms with Crippen LogP contribution in [0.1, 0.15) is 44.7 Å². The average Bonchev–Trinajstić information content (AvgIpc) is 3.17. The normalized spacial score (nSPS) is 13.2. The van der Waals surface area contributed by atoms with Gasteiger partial charge in [0.2, 0.25) is 11.0 Å². The van der Waals surface area contributed by atoms with E-state index in [4.69, 9.17) is 4.52 Å². The predicted molar refractivity (Wildman–Crippen MR) is 89.1 cm³/mol. The Morgan fingerprint density at radius 3 is 2.52 bits per heavy atom. The van der Waals surface area contributed by atoms with Crippen LogP contribution in [0.4, 0.5) is 0 Å². The summed E-state index contributed by atoms with van der Waals surface area (Å²) < 4.78 is 5.37. The van der Waals surface area contributed by atoms with Crippen molar-refractivity contribution in [3.63, 3.8) is 0 Å². The molecule has 3 rings (SSSR count). The van der Waals surface area contributed by atoms with Crippen LogP contribution in [-0.2, 0) is 5.41 Å². The van der Waals surface area contributed by atoms with Gasteiger partial charge in [-0.25, -0.2) is 4.98 Å². The van der Waals surface area contributed by atoms with Crippen LogP contribution in [0.25, 0.3) is 11.4 Å². The van der Waals surface area contributed by atoms with Crippen LogP contribution >= 0.6 is 11.8 Å². The van der Waals surface area contributed by atoms with Gasteiger partial charge in [0.05, 0.1) is 5.25 Å². The zero-order valence-corrected chi connectivity index (χ0v) is 14.4. The van der Waals surface area contributed by atoms with Gasteiger partial charge < -0.3 is 4.52 Å². The molecule has 3 aromatic rings. The second-order valence-electron chi connectivity index (χ2n) is 6.30. The van der Waals surface area contributed by atoms with Crippen LogP contribution in [0.3, 0.4) is 0 Å². The fourth-order valence-electron chi connectivity index (χ4n) is 1.94. The third-order valence-electron chi connectivity index (χ3n) is 3.25. The molecule has 0 aliphatic rings. The summed E-state index contributed by atoms with van der Waals surface area (Å²) in [5.74, 6) is 2.05. The van der Waals surface area contributed by atoms with Gasteiger partial charge in [-0.1, -0.05) is 68.0 Å². The van der Waals surface area contributed by atoms with Gasteiger partial charge in [0.1, 0.15) is 0 Å². The third-order valence-corrected chi connectivity index (χ3v) is 4.20. The zero-order valence-electron chi connectivity index (χ0n) is 13.6. The smallest absolute Gasteiger partial charge is 0.239 e. The Morgan fingerprint density at radius 2 is 1.87 bits per heavy atom. The first-order chi connectivity index (χ1) is 10.9. The lowest BCUT2D eigenvalue weighted by molar-refractivity contribution is 0.364. The van der Waals surface area contributed by atoms with Crippen LogP contribution in [0.2, 0.25) is 0 Å². The fourth-order valence-corrected chi connectivity index (χ4v) is 2.69. The lowest BCUT2D eigenvalue weighted by atomic mass is 9.96.